The maximum absolute atomic E-state index is 12.8. The van der Waals surface area contributed by atoms with E-state index < -0.39 is 11.9 Å². The highest BCUT2D eigenvalue weighted by Crippen LogP contribution is 2.30. The fourth-order valence-corrected chi connectivity index (χ4v) is 3.25. The Bertz CT molecular complexity index is 1130. The van der Waals surface area contributed by atoms with E-state index in [4.69, 9.17) is 0 Å². The van der Waals surface area contributed by atoms with Crippen LogP contribution in [0.2, 0.25) is 0 Å². The van der Waals surface area contributed by atoms with Crippen LogP contribution in [-0.4, -0.2) is 49.0 Å². The van der Waals surface area contributed by atoms with E-state index in [-0.39, 0.29) is 19.0 Å². The van der Waals surface area contributed by atoms with Gasteiger partial charge in [0.05, 0.1) is 30.7 Å². The van der Waals surface area contributed by atoms with Gasteiger partial charge in [0.25, 0.3) is 0 Å². The van der Waals surface area contributed by atoms with Crippen LogP contribution in [0.15, 0.2) is 18.5 Å². The molecule has 4 heterocycles. The van der Waals surface area contributed by atoms with Gasteiger partial charge in [-0.1, -0.05) is 0 Å². The number of hydrogen-bond donors (Lipinski definition) is 2. The molecule has 0 aromatic carbocycles. The number of fused-ring (bicyclic) bond motifs is 1. The normalized spacial score (nSPS) is 13.9. The third kappa shape index (κ3) is 4.29. The second kappa shape index (κ2) is 7.56. The number of alkyl halides is 3. The Morgan fingerprint density at radius 1 is 1.26 bits per heavy atom. The summed E-state index contributed by atoms with van der Waals surface area (Å²) in [6, 6.07) is 1.01. The van der Waals surface area contributed by atoms with Crippen molar-refractivity contribution in [1.82, 2.24) is 29.5 Å². The summed E-state index contributed by atoms with van der Waals surface area (Å²) >= 11 is 0. The van der Waals surface area contributed by atoms with Gasteiger partial charge in [-0.25, -0.2) is 4.98 Å². The van der Waals surface area contributed by atoms with Gasteiger partial charge < -0.3 is 15.5 Å². The van der Waals surface area contributed by atoms with Crippen LogP contribution in [0.25, 0.3) is 0 Å². The second-order valence-electron chi connectivity index (χ2n) is 7.28. The number of aromatic nitrogens is 6. The molecular weight excluding hydrogens is 415 g/mol. The molecule has 31 heavy (non-hydrogen) atoms. The predicted molar refractivity (Wildman–Crippen MR) is 106 cm³/mol. The maximum atomic E-state index is 12.8. The molecule has 2 N–H and O–H groups in total. The Morgan fingerprint density at radius 2 is 2.03 bits per heavy atom. The van der Waals surface area contributed by atoms with Gasteiger partial charge in [0, 0.05) is 32.4 Å². The van der Waals surface area contributed by atoms with Crippen molar-refractivity contribution in [3.63, 3.8) is 0 Å². The minimum absolute atomic E-state index is 0.120. The summed E-state index contributed by atoms with van der Waals surface area (Å²) in [5.74, 6) is 0.904. The molecular formula is C18H20F3N9O. The highest BCUT2D eigenvalue weighted by Gasteiger charge is 2.34. The van der Waals surface area contributed by atoms with E-state index in [0.29, 0.717) is 35.4 Å². The molecule has 0 unspecified atom stereocenters. The molecule has 0 atom stereocenters. The zero-order valence-electron chi connectivity index (χ0n) is 17.0. The van der Waals surface area contributed by atoms with Gasteiger partial charge in [-0.15, -0.1) is 0 Å². The highest BCUT2D eigenvalue weighted by atomic mass is 19.4. The molecule has 1 aliphatic rings. The van der Waals surface area contributed by atoms with E-state index >= 15 is 0 Å². The number of nitrogens with one attached hydrogen (secondary N) is 2. The number of hydrogen-bond acceptors (Lipinski definition) is 7. The van der Waals surface area contributed by atoms with E-state index in [1.165, 1.54) is 16.4 Å². The number of likely N-dealkylation sites (N-methyl/N-ethyl adjacent to an activating group) is 1. The topological polar surface area (TPSA) is 106 Å². The first-order chi connectivity index (χ1) is 14.6. The molecule has 0 aliphatic carbocycles. The minimum atomic E-state index is -4.49. The molecule has 0 radical (unpaired) electrons. The third-order valence-electron chi connectivity index (χ3n) is 4.81. The first kappa shape index (κ1) is 20.6. The Hall–Kier alpha value is -3.64. The number of aryl methyl sites for hydroxylation is 2. The van der Waals surface area contributed by atoms with Crippen LogP contribution in [0.3, 0.4) is 0 Å². The quantitative estimate of drug-likeness (QED) is 0.629. The Labute approximate surface area is 175 Å². The van der Waals surface area contributed by atoms with Crippen LogP contribution in [-0.2, 0) is 31.1 Å². The lowest BCUT2D eigenvalue weighted by Gasteiger charge is -2.27. The van der Waals surface area contributed by atoms with Gasteiger partial charge in [0.1, 0.15) is 5.69 Å². The number of carbonyl (C=O) groups excluding carboxylic acids is 1. The molecule has 0 spiro atoms. The molecule has 3 aromatic heterocycles. The first-order valence-electron chi connectivity index (χ1n) is 9.35. The van der Waals surface area contributed by atoms with Crippen molar-refractivity contribution in [3.05, 3.63) is 41.1 Å². The van der Waals surface area contributed by atoms with Gasteiger partial charge in [0.15, 0.2) is 11.5 Å². The number of rotatable bonds is 5. The van der Waals surface area contributed by atoms with Crippen LogP contribution in [0.5, 0.6) is 0 Å². The molecule has 1 aliphatic heterocycles. The van der Waals surface area contributed by atoms with E-state index in [0.717, 1.165) is 11.6 Å². The fraction of sp³-hybridized carbons (Fsp3) is 0.389. The molecule has 13 heteroatoms. The molecule has 0 saturated heterocycles. The van der Waals surface area contributed by atoms with Gasteiger partial charge in [-0.05, 0) is 13.0 Å². The Kier molecular flexibility index (Phi) is 5.03. The summed E-state index contributed by atoms with van der Waals surface area (Å²) in [6.45, 7) is 2.51. The lowest BCUT2D eigenvalue weighted by molar-refractivity contribution is -0.141. The molecule has 1 amide bonds. The summed E-state index contributed by atoms with van der Waals surface area (Å²) in [5.41, 5.74) is 1.49. The average Bonchev–Trinajstić information content (AvgIpc) is 3.28. The van der Waals surface area contributed by atoms with E-state index in [2.05, 4.69) is 30.8 Å². The van der Waals surface area contributed by atoms with E-state index in [1.807, 2.05) is 0 Å². The van der Waals surface area contributed by atoms with Crippen molar-refractivity contribution in [2.45, 2.75) is 26.2 Å². The van der Waals surface area contributed by atoms with Crippen LogP contribution in [0.1, 0.15) is 22.6 Å². The number of halogens is 3. The monoisotopic (exact) mass is 435 g/mol. The maximum Gasteiger partial charge on any atom is 0.435 e. The lowest BCUT2D eigenvalue weighted by Crippen LogP contribution is -2.36. The molecule has 0 bridgehead atoms. The molecule has 0 fully saturated rings. The van der Waals surface area contributed by atoms with Crippen LogP contribution < -0.4 is 15.5 Å². The second-order valence-corrected chi connectivity index (χ2v) is 7.28. The van der Waals surface area contributed by atoms with Crippen LogP contribution in [0.4, 0.5) is 30.6 Å². The van der Waals surface area contributed by atoms with Crippen LogP contribution >= 0.6 is 0 Å². The largest absolute Gasteiger partial charge is 0.435 e. The standard InChI is InChI=1S/C18H20F3N9O/c1-10-15-16(28(2)9-14(31)25-15)26-17(24-10)22-5-11-6-23-30(7-11)8-12-4-13(18(19,20)21)27-29(12)3/h4,6-7H,5,8-9H2,1-3H3,(H,25,31)(H,22,24,26). The number of amides is 1. The van der Waals surface area contributed by atoms with Gasteiger partial charge in [0.2, 0.25) is 11.9 Å². The summed E-state index contributed by atoms with van der Waals surface area (Å²) in [4.78, 5) is 22.3. The molecule has 164 valence electrons. The van der Waals surface area contributed by atoms with E-state index in [9.17, 15) is 18.0 Å². The highest BCUT2D eigenvalue weighted by molar-refractivity contribution is 6.00. The zero-order valence-corrected chi connectivity index (χ0v) is 17.0. The Balaban J connectivity index is 1.44. The molecule has 4 rings (SSSR count). The van der Waals surface area contributed by atoms with Gasteiger partial charge >= 0.3 is 6.18 Å². The Morgan fingerprint density at radius 3 is 2.74 bits per heavy atom. The average molecular weight is 435 g/mol. The smallest absolute Gasteiger partial charge is 0.350 e. The zero-order chi connectivity index (χ0) is 22.3. The predicted octanol–water partition coefficient (Wildman–Crippen LogP) is 1.78. The summed E-state index contributed by atoms with van der Waals surface area (Å²) in [6.07, 6.45) is -1.14. The SMILES string of the molecule is Cc1nc(NCc2cnn(Cc3cc(C(F)(F)F)nn3C)c2)nc2c1NC(=O)CN2C. The van der Waals surface area contributed by atoms with Crippen molar-refractivity contribution in [3.8, 4) is 0 Å². The van der Waals surface area contributed by atoms with Crippen LogP contribution in [0, 0.1) is 6.92 Å². The van der Waals surface area contributed by atoms with Crippen molar-refractivity contribution in [2.75, 3.05) is 29.1 Å². The summed E-state index contributed by atoms with van der Waals surface area (Å²) in [7, 11) is 3.24. The number of nitrogens with zero attached hydrogens (tertiary/aromatic N) is 7. The molecule has 3 aromatic rings. The van der Waals surface area contributed by atoms with Gasteiger partial charge in [-0.3, -0.25) is 14.2 Å². The molecule has 0 saturated carbocycles. The van der Waals surface area contributed by atoms with Crippen molar-refractivity contribution >= 4 is 23.4 Å². The van der Waals surface area contributed by atoms with Crippen molar-refractivity contribution in [1.29, 1.82) is 0 Å². The summed E-state index contributed by atoms with van der Waals surface area (Å²) in [5, 5.41) is 13.6. The summed E-state index contributed by atoms with van der Waals surface area (Å²) < 4.78 is 41.2. The van der Waals surface area contributed by atoms with Gasteiger partial charge in [-0.2, -0.15) is 28.4 Å². The third-order valence-corrected chi connectivity index (χ3v) is 4.81. The first-order valence-corrected chi connectivity index (χ1v) is 9.35. The fourth-order valence-electron chi connectivity index (χ4n) is 3.25. The molecule has 10 nitrogen and oxygen atoms in total. The van der Waals surface area contributed by atoms with E-state index in [1.54, 1.807) is 31.3 Å². The number of anilines is 3. The number of carbonyl (C=O) groups is 1. The van der Waals surface area contributed by atoms with Crippen molar-refractivity contribution in [2.24, 2.45) is 7.05 Å². The lowest BCUT2D eigenvalue weighted by atomic mass is 10.2. The minimum Gasteiger partial charge on any atom is -0.350 e. The van der Waals surface area contributed by atoms with Crippen molar-refractivity contribution < 1.29 is 18.0 Å².